The van der Waals surface area contributed by atoms with Gasteiger partial charge in [0.15, 0.2) is 11.5 Å². The molecule has 0 heterocycles. The Bertz CT molecular complexity index is 540. The highest BCUT2D eigenvalue weighted by atomic mass is 16.5. The van der Waals surface area contributed by atoms with Crippen molar-refractivity contribution < 1.29 is 14.9 Å². The van der Waals surface area contributed by atoms with Crippen LogP contribution in [-0.2, 0) is 5.41 Å². The number of aromatic hydroxyl groups is 2. The second-order valence-corrected chi connectivity index (χ2v) is 6.76. The summed E-state index contributed by atoms with van der Waals surface area (Å²) in [6.45, 7) is 12.2. The smallest absolute Gasteiger partial charge is 0.167 e. The number of hydrogen-bond donors (Lipinski definition) is 2. The average Bonchev–Trinajstić information content (AvgIpc) is 2.32. The molecule has 3 nitrogen and oxygen atoms in total. The standard InChI is InChI=1S/C18H28O3/c1-11(2)8-12(3)10-18(5,6)14-9-15(19)13(4)17(21-7)16(14)20/h9-11,19-20H,8H2,1-7H3/b12-10+. The zero-order valence-corrected chi connectivity index (χ0v) is 14.2. The van der Waals surface area contributed by atoms with E-state index in [9.17, 15) is 10.2 Å². The highest BCUT2D eigenvalue weighted by molar-refractivity contribution is 5.59. The summed E-state index contributed by atoms with van der Waals surface area (Å²) in [6, 6.07) is 1.63. The quantitative estimate of drug-likeness (QED) is 0.611. The molecule has 0 amide bonds. The van der Waals surface area contributed by atoms with Gasteiger partial charge in [0, 0.05) is 16.5 Å². The van der Waals surface area contributed by atoms with E-state index in [1.165, 1.54) is 12.7 Å². The number of benzene rings is 1. The van der Waals surface area contributed by atoms with Gasteiger partial charge in [0.2, 0.25) is 0 Å². The zero-order valence-electron chi connectivity index (χ0n) is 14.2. The maximum absolute atomic E-state index is 10.5. The van der Waals surface area contributed by atoms with E-state index >= 15 is 0 Å². The van der Waals surface area contributed by atoms with Crippen molar-refractivity contribution in [3.05, 3.63) is 28.8 Å². The van der Waals surface area contributed by atoms with Crippen molar-refractivity contribution in [2.45, 2.75) is 53.4 Å². The van der Waals surface area contributed by atoms with Crippen molar-refractivity contribution in [2.75, 3.05) is 7.11 Å². The van der Waals surface area contributed by atoms with Crippen LogP contribution in [0.5, 0.6) is 17.2 Å². The summed E-state index contributed by atoms with van der Waals surface area (Å²) in [5.41, 5.74) is 2.11. The van der Waals surface area contributed by atoms with Crippen molar-refractivity contribution in [1.29, 1.82) is 0 Å². The largest absolute Gasteiger partial charge is 0.508 e. The molecule has 0 aromatic heterocycles. The van der Waals surface area contributed by atoms with E-state index in [0.29, 0.717) is 22.8 Å². The Morgan fingerprint density at radius 3 is 2.38 bits per heavy atom. The van der Waals surface area contributed by atoms with Gasteiger partial charge in [-0.25, -0.2) is 0 Å². The minimum Gasteiger partial charge on any atom is -0.508 e. The van der Waals surface area contributed by atoms with E-state index in [2.05, 4.69) is 26.8 Å². The van der Waals surface area contributed by atoms with Gasteiger partial charge in [-0.2, -0.15) is 0 Å². The molecular formula is C18H28O3. The van der Waals surface area contributed by atoms with Crippen molar-refractivity contribution >= 4 is 0 Å². The molecule has 0 atom stereocenters. The molecule has 1 aromatic carbocycles. The molecule has 0 aliphatic carbocycles. The third-order valence-electron chi connectivity index (χ3n) is 3.71. The molecule has 0 aliphatic heterocycles. The van der Waals surface area contributed by atoms with E-state index in [4.69, 9.17) is 4.74 Å². The highest BCUT2D eigenvalue weighted by Crippen LogP contribution is 2.44. The predicted molar refractivity (Wildman–Crippen MR) is 87.3 cm³/mol. The molecule has 2 N–H and O–H groups in total. The minimum atomic E-state index is -0.387. The van der Waals surface area contributed by atoms with Gasteiger partial charge in [-0.15, -0.1) is 0 Å². The molecule has 0 saturated heterocycles. The Balaban J connectivity index is 3.35. The first-order chi connectivity index (χ1) is 9.60. The third kappa shape index (κ3) is 3.93. The first kappa shape index (κ1) is 17.4. The Labute approximate surface area is 128 Å². The number of rotatable bonds is 5. The Hall–Kier alpha value is -1.64. The lowest BCUT2D eigenvalue weighted by Crippen LogP contribution is -2.15. The summed E-state index contributed by atoms with van der Waals surface area (Å²) in [5.74, 6) is 1.17. The lowest BCUT2D eigenvalue weighted by Gasteiger charge is -2.26. The Morgan fingerprint density at radius 2 is 1.90 bits per heavy atom. The highest BCUT2D eigenvalue weighted by Gasteiger charge is 2.26. The van der Waals surface area contributed by atoms with E-state index in [1.54, 1.807) is 13.0 Å². The van der Waals surface area contributed by atoms with E-state index in [1.807, 2.05) is 13.8 Å². The maximum Gasteiger partial charge on any atom is 0.167 e. The fourth-order valence-electron chi connectivity index (χ4n) is 2.87. The molecule has 1 rings (SSSR count). The van der Waals surface area contributed by atoms with Crippen LogP contribution in [0, 0.1) is 12.8 Å². The first-order valence-electron chi connectivity index (χ1n) is 7.38. The summed E-state index contributed by atoms with van der Waals surface area (Å²) in [4.78, 5) is 0. The minimum absolute atomic E-state index is 0.103. The number of hydrogen-bond acceptors (Lipinski definition) is 3. The summed E-state index contributed by atoms with van der Waals surface area (Å²) < 4.78 is 5.23. The molecule has 0 aliphatic rings. The topological polar surface area (TPSA) is 49.7 Å². The average molecular weight is 292 g/mol. The normalized spacial score (nSPS) is 12.9. The number of ether oxygens (including phenoxy) is 1. The van der Waals surface area contributed by atoms with Gasteiger partial charge in [-0.05, 0) is 32.3 Å². The van der Waals surface area contributed by atoms with Crippen LogP contribution < -0.4 is 4.74 Å². The lowest BCUT2D eigenvalue weighted by molar-refractivity contribution is 0.357. The molecule has 0 fully saturated rings. The van der Waals surface area contributed by atoms with Crippen molar-refractivity contribution in [1.82, 2.24) is 0 Å². The van der Waals surface area contributed by atoms with Gasteiger partial charge in [-0.3, -0.25) is 0 Å². The van der Waals surface area contributed by atoms with Crippen LogP contribution in [0.25, 0.3) is 0 Å². The molecular weight excluding hydrogens is 264 g/mol. The molecule has 3 heteroatoms. The van der Waals surface area contributed by atoms with Crippen molar-refractivity contribution in [2.24, 2.45) is 5.92 Å². The summed E-state index contributed by atoms with van der Waals surface area (Å²) in [6.07, 6.45) is 3.16. The molecule has 0 unspecified atom stereocenters. The number of methoxy groups -OCH3 is 1. The monoisotopic (exact) mass is 292 g/mol. The van der Waals surface area contributed by atoms with E-state index in [-0.39, 0.29) is 16.9 Å². The summed E-state index contributed by atoms with van der Waals surface area (Å²) in [5, 5.41) is 20.5. The van der Waals surface area contributed by atoms with Crippen LogP contribution in [0.3, 0.4) is 0 Å². The molecule has 0 saturated carbocycles. The fraction of sp³-hybridized carbons (Fsp3) is 0.556. The summed E-state index contributed by atoms with van der Waals surface area (Å²) in [7, 11) is 1.50. The number of allylic oxidation sites excluding steroid dienone is 2. The molecule has 21 heavy (non-hydrogen) atoms. The number of phenolic OH excluding ortho intramolecular Hbond substituents is 2. The molecule has 1 aromatic rings. The lowest BCUT2D eigenvalue weighted by atomic mass is 9.80. The van der Waals surface area contributed by atoms with Gasteiger partial charge in [0.05, 0.1) is 7.11 Å². The fourth-order valence-corrected chi connectivity index (χ4v) is 2.87. The third-order valence-corrected chi connectivity index (χ3v) is 3.71. The van der Waals surface area contributed by atoms with Crippen LogP contribution in [0.15, 0.2) is 17.7 Å². The first-order valence-corrected chi connectivity index (χ1v) is 7.38. The maximum atomic E-state index is 10.5. The van der Waals surface area contributed by atoms with Crippen LogP contribution >= 0.6 is 0 Å². The second kappa shape index (κ2) is 6.42. The van der Waals surface area contributed by atoms with Crippen molar-refractivity contribution in [3.8, 4) is 17.2 Å². The Morgan fingerprint density at radius 1 is 1.33 bits per heavy atom. The van der Waals surface area contributed by atoms with Crippen LogP contribution in [0.4, 0.5) is 0 Å². The zero-order chi connectivity index (χ0) is 16.4. The molecule has 0 bridgehead atoms. The number of phenols is 2. The van der Waals surface area contributed by atoms with E-state index < -0.39 is 0 Å². The van der Waals surface area contributed by atoms with Gasteiger partial charge >= 0.3 is 0 Å². The van der Waals surface area contributed by atoms with Crippen LogP contribution in [0.2, 0.25) is 0 Å². The SMILES string of the molecule is COc1c(C)c(O)cc(C(C)(C)/C=C(\C)CC(C)C)c1O. The summed E-state index contributed by atoms with van der Waals surface area (Å²) >= 11 is 0. The molecule has 0 spiro atoms. The van der Waals surface area contributed by atoms with Gasteiger partial charge in [0.1, 0.15) is 5.75 Å². The predicted octanol–water partition coefficient (Wildman–Crippen LogP) is 4.68. The van der Waals surface area contributed by atoms with Crippen molar-refractivity contribution in [3.63, 3.8) is 0 Å². The van der Waals surface area contributed by atoms with Gasteiger partial charge < -0.3 is 14.9 Å². The van der Waals surface area contributed by atoms with Gasteiger partial charge in [0.25, 0.3) is 0 Å². The Kier molecular flexibility index (Phi) is 5.32. The second-order valence-electron chi connectivity index (χ2n) is 6.76. The van der Waals surface area contributed by atoms with Crippen LogP contribution in [0.1, 0.15) is 52.2 Å². The van der Waals surface area contributed by atoms with Crippen LogP contribution in [-0.4, -0.2) is 17.3 Å². The molecule has 118 valence electrons. The van der Waals surface area contributed by atoms with E-state index in [0.717, 1.165) is 6.42 Å². The molecule has 0 radical (unpaired) electrons. The van der Waals surface area contributed by atoms with Gasteiger partial charge in [-0.1, -0.05) is 39.3 Å².